The molecular weight excluding hydrogens is 308 g/mol. The average Bonchev–Trinajstić information content (AvgIpc) is 3.26. The lowest BCUT2D eigenvalue weighted by Gasteiger charge is -2.25. The number of aromatic nitrogens is 3. The van der Waals surface area contributed by atoms with Crippen LogP contribution in [0.3, 0.4) is 0 Å². The first-order chi connectivity index (χ1) is 11.7. The number of nitrogens with zero attached hydrogens (tertiary/aromatic N) is 4. The molecule has 128 valence electrons. The molecule has 1 aliphatic heterocycles. The summed E-state index contributed by atoms with van der Waals surface area (Å²) in [6, 6.07) is 5.07. The first kappa shape index (κ1) is 16.4. The first-order valence-electron chi connectivity index (χ1n) is 8.17. The number of amides is 1. The molecule has 24 heavy (non-hydrogen) atoms. The van der Waals surface area contributed by atoms with Crippen molar-refractivity contribution >= 4 is 5.91 Å². The molecule has 1 aliphatic rings. The number of hydrogen-bond acceptors (Lipinski definition) is 4. The summed E-state index contributed by atoms with van der Waals surface area (Å²) in [7, 11) is 1.59. The maximum absolute atomic E-state index is 12.9. The van der Waals surface area contributed by atoms with E-state index in [0.29, 0.717) is 25.3 Å². The Morgan fingerprint density at radius 1 is 1.42 bits per heavy atom. The molecule has 1 unspecified atom stereocenters. The van der Waals surface area contributed by atoms with E-state index in [1.54, 1.807) is 25.6 Å². The molecule has 1 atom stereocenters. The van der Waals surface area contributed by atoms with Gasteiger partial charge in [-0.3, -0.25) is 14.3 Å². The lowest BCUT2D eigenvalue weighted by Crippen LogP contribution is -2.38. The van der Waals surface area contributed by atoms with Gasteiger partial charge in [0.2, 0.25) is 0 Å². The van der Waals surface area contributed by atoms with Gasteiger partial charge in [-0.15, -0.1) is 0 Å². The Balaban J connectivity index is 1.76. The van der Waals surface area contributed by atoms with Gasteiger partial charge in [0.05, 0.1) is 24.8 Å². The third-order valence-corrected chi connectivity index (χ3v) is 4.36. The van der Waals surface area contributed by atoms with Crippen LogP contribution in [0.15, 0.2) is 41.6 Å². The highest BCUT2D eigenvalue weighted by molar-refractivity contribution is 5.94. The SMILES string of the molecule is COCCn1cc(C(=O)N2CCCC2Cn2cccn2)ccc1=O. The van der Waals surface area contributed by atoms with E-state index in [2.05, 4.69) is 5.10 Å². The number of ether oxygens (including phenoxy) is 1. The van der Waals surface area contributed by atoms with Crippen LogP contribution in [0.1, 0.15) is 23.2 Å². The van der Waals surface area contributed by atoms with Crippen molar-refractivity contribution in [1.29, 1.82) is 0 Å². The van der Waals surface area contributed by atoms with Crippen molar-refractivity contribution < 1.29 is 9.53 Å². The van der Waals surface area contributed by atoms with Gasteiger partial charge in [-0.05, 0) is 25.0 Å². The summed E-state index contributed by atoms with van der Waals surface area (Å²) >= 11 is 0. The molecule has 3 rings (SSSR count). The predicted molar refractivity (Wildman–Crippen MR) is 88.9 cm³/mol. The lowest BCUT2D eigenvalue weighted by atomic mass is 10.2. The van der Waals surface area contributed by atoms with Gasteiger partial charge in [0.15, 0.2) is 0 Å². The summed E-state index contributed by atoms with van der Waals surface area (Å²) in [5, 5.41) is 4.23. The normalized spacial score (nSPS) is 17.4. The van der Waals surface area contributed by atoms with Crippen LogP contribution < -0.4 is 5.56 Å². The highest BCUT2D eigenvalue weighted by Crippen LogP contribution is 2.21. The Bertz CT molecular complexity index is 739. The monoisotopic (exact) mass is 330 g/mol. The van der Waals surface area contributed by atoms with E-state index in [0.717, 1.165) is 19.4 Å². The molecule has 0 radical (unpaired) electrons. The second-order valence-electron chi connectivity index (χ2n) is 5.96. The van der Waals surface area contributed by atoms with Gasteiger partial charge in [0, 0.05) is 44.9 Å². The van der Waals surface area contributed by atoms with Crippen LogP contribution >= 0.6 is 0 Å². The van der Waals surface area contributed by atoms with Crippen LogP contribution in [0.4, 0.5) is 0 Å². The fourth-order valence-corrected chi connectivity index (χ4v) is 3.11. The Labute approximate surface area is 140 Å². The van der Waals surface area contributed by atoms with Gasteiger partial charge in [-0.1, -0.05) is 0 Å². The van der Waals surface area contributed by atoms with E-state index < -0.39 is 0 Å². The number of rotatable bonds is 6. The maximum atomic E-state index is 12.9. The molecule has 1 fully saturated rings. The third kappa shape index (κ3) is 3.56. The Morgan fingerprint density at radius 3 is 3.04 bits per heavy atom. The van der Waals surface area contributed by atoms with Crippen LogP contribution in [0.25, 0.3) is 0 Å². The van der Waals surface area contributed by atoms with Gasteiger partial charge < -0.3 is 14.2 Å². The molecule has 0 bridgehead atoms. The zero-order chi connectivity index (χ0) is 16.9. The highest BCUT2D eigenvalue weighted by Gasteiger charge is 2.30. The highest BCUT2D eigenvalue weighted by atomic mass is 16.5. The largest absolute Gasteiger partial charge is 0.383 e. The molecule has 3 heterocycles. The molecule has 2 aromatic rings. The van der Waals surface area contributed by atoms with E-state index in [9.17, 15) is 9.59 Å². The zero-order valence-electron chi connectivity index (χ0n) is 13.8. The van der Waals surface area contributed by atoms with Crippen LogP contribution in [-0.4, -0.2) is 51.5 Å². The summed E-state index contributed by atoms with van der Waals surface area (Å²) in [6.07, 6.45) is 7.24. The van der Waals surface area contributed by atoms with Gasteiger partial charge in [0.1, 0.15) is 0 Å². The molecule has 0 spiro atoms. The van der Waals surface area contributed by atoms with E-state index in [1.807, 2.05) is 21.8 Å². The topological polar surface area (TPSA) is 69.4 Å². The quantitative estimate of drug-likeness (QED) is 0.792. The van der Waals surface area contributed by atoms with Crippen molar-refractivity contribution in [2.24, 2.45) is 0 Å². The fourth-order valence-electron chi connectivity index (χ4n) is 3.11. The molecule has 0 aromatic carbocycles. The van der Waals surface area contributed by atoms with Crippen molar-refractivity contribution in [2.45, 2.75) is 32.0 Å². The molecular formula is C17H22N4O3. The van der Waals surface area contributed by atoms with Gasteiger partial charge >= 0.3 is 0 Å². The van der Waals surface area contributed by atoms with Crippen LogP contribution in [-0.2, 0) is 17.8 Å². The molecule has 0 aliphatic carbocycles. The minimum atomic E-state index is -0.127. The van der Waals surface area contributed by atoms with Gasteiger partial charge in [-0.2, -0.15) is 5.10 Å². The minimum absolute atomic E-state index is 0.0316. The van der Waals surface area contributed by atoms with Crippen molar-refractivity contribution in [2.75, 3.05) is 20.3 Å². The van der Waals surface area contributed by atoms with E-state index in [-0.39, 0.29) is 17.5 Å². The molecule has 2 aromatic heterocycles. The molecule has 1 amide bonds. The summed E-state index contributed by atoms with van der Waals surface area (Å²) in [5.74, 6) is -0.0316. The molecule has 0 N–H and O–H groups in total. The maximum Gasteiger partial charge on any atom is 0.255 e. The second-order valence-corrected chi connectivity index (χ2v) is 5.96. The van der Waals surface area contributed by atoms with Gasteiger partial charge in [0.25, 0.3) is 11.5 Å². The van der Waals surface area contributed by atoms with E-state index in [1.165, 1.54) is 10.6 Å². The summed E-state index contributed by atoms with van der Waals surface area (Å²) in [4.78, 5) is 26.6. The number of hydrogen-bond donors (Lipinski definition) is 0. The summed E-state index contributed by atoms with van der Waals surface area (Å²) in [6.45, 7) is 2.31. The molecule has 7 nitrogen and oxygen atoms in total. The second kappa shape index (κ2) is 7.44. The van der Waals surface area contributed by atoms with Crippen molar-refractivity contribution in [3.63, 3.8) is 0 Å². The predicted octanol–water partition coefficient (Wildman–Crippen LogP) is 0.996. The number of carbonyl (C=O) groups is 1. The average molecular weight is 330 g/mol. The van der Waals surface area contributed by atoms with E-state index >= 15 is 0 Å². The number of likely N-dealkylation sites (tertiary alicyclic amines) is 1. The number of carbonyl (C=O) groups excluding carboxylic acids is 1. The molecule has 0 saturated carbocycles. The third-order valence-electron chi connectivity index (χ3n) is 4.36. The van der Waals surface area contributed by atoms with Crippen molar-refractivity contribution in [1.82, 2.24) is 19.2 Å². The number of methoxy groups -OCH3 is 1. The van der Waals surface area contributed by atoms with E-state index in [4.69, 9.17) is 4.74 Å². The standard InChI is InChI=1S/C17H22N4O3/c1-24-11-10-19-12-14(5-6-16(19)22)17(23)21-9-2-4-15(21)13-20-8-3-7-18-20/h3,5-8,12,15H,2,4,9-11,13H2,1H3. The summed E-state index contributed by atoms with van der Waals surface area (Å²) < 4.78 is 8.39. The lowest BCUT2D eigenvalue weighted by molar-refractivity contribution is 0.0720. The first-order valence-corrected chi connectivity index (χ1v) is 8.17. The number of pyridine rings is 1. The van der Waals surface area contributed by atoms with Crippen molar-refractivity contribution in [3.05, 3.63) is 52.7 Å². The van der Waals surface area contributed by atoms with Crippen molar-refractivity contribution in [3.8, 4) is 0 Å². The minimum Gasteiger partial charge on any atom is -0.383 e. The zero-order valence-corrected chi connectivity index (χ0v) is 13.8. The smallest absolute Gasteiger partial charge is 0.255 e. The molecule has 7 heteroatoms. The Kier molecular flexibility index (Phi) is 5.10. The summed E-state index contributed by atoms with van der Waals surface area (Å²) in [5.41, 5.74) is 0.413. The van der Waals surface area contributed by atoms with Crippen LogP contribution in [0.5, 0.6) is 0 Å². The Morgan fingerprint density at radius 2 is 2.29 bits per heavy atom. The molecule has 1 saturated heterocycles. The fraction of sp³-hybridized carbons (Fsp3) is 0.471. The van der Waals surface area contributed by atoms with Gasteiger partial charge in [-0.25, -0.2) is 0 Å². The van der Waals surface area contributed by atoms with Crippen LogP contribution in [0, 0.1) is 0 Å². The van der Waals surface area contributed by atoms with Crippen LogP contribution in [0.2, 0.25) is 0 Å². The Hall–Kier alpha value is -2.41.